The van der Waals surface area contributed by atoms with Crippen LogP contribution in [0.5, 0.6) is 0 Å². The van der Waals surface area contributed by atoms with E-state index in [9.17, 15) is 0 Å². The Kier molecular flexibility index (Phi) is 3.75. The molecule has 0 spiro atoms. The van der Waals surface area contributed by atoms with Crippen molar-refractivity contribution in [2.45, 2.75) is 45.1 Å². The van der Waals surface area contributed by atoms with E-state index in [0.29, 0.717) is 5.92 Å². The normalized spacial score (nSPS) is 21.3. The smallest absolute Gasteiger partial charge is 0.135 e. The third-order valence-electron chi connectivity index (χ3n) is 4.19. The average molecular weight is 339 g/mol. The molecule has 1 saturated carbocycles. The van der Waals surface area contributed by atoms with Crippen LogP contribution in [0.4, 0.5) is 5.82 Å². The zero-order valence-electron chi connectivity index (χ0n) is 12.6. The van der Waals surface area contributed by atoms with Crippen LogP contribution in [0.25, 0.3) is 0 Å². The van der Waals surface area contributed by atoms with Gasteiger partial charge < -0.3 is 4.90 Å². The summed E-state index contributed by atoms with van der Waals surface area (Å²) in [6.45, 7) is 11.2. The van der Waals surface area contributed by atoms with Crippen LogP contribution in [0.15, 0.2) is 10.7 Å². The first kappa shape index (κ1) is 14.3. The van der Waals surface area contributed by atoms with E-state index < -0.39 is 0 Å². The Balaban J connectivity index is 1.71. The van der Waals surface area contributed by atoms with E-state index in [2.05, 4.69) is 57.6 Å². The van der Waals surface area contributed by atoms with Crippen molar-refractivity contribution >= 4 is 21.7 Å². The standard InChI is InChI=1S/C15H23BrN4/c1-15(2,3)20-8-6-19(7-9-20)13-10-12(16)17-14(18-13)11-4-5-11/h10-11H,4-9H2,1-3H3. The summed E-state index contributed by atoms with van der Waals surface area (Å²) in [7, 11) is 0. The molecule has 1 aliphatic heterocycles. The summed E-state index contributed by atoms with van der Waals surface area (Å²) in [5.41, 5.74) is 0.261. The van der Waals surface area contributed by atoms with Crippen molar-refractivity contribution in [3.05, 3.63) is 16.5 Å². The number of aromatic nitrogens is 2. The zero-order valence-corrected chi connectivity index (χ0v) is 14.2. The van der Waals surface area contributed by atoms with Crippen molar-refractivity contribution < 1.29 is 0 Å². The maximum Gasteiger partial charge on any atom is 0.135 e. The first-order chi connectivity index (χ1) is 9.43. The van der Waals surface area contributed by atoms with Crippen molar-refractivity contribution in [1.82, 2.24) is 14.9 Å². The van der Waals surface area contributed by atoms with E-state index in [1.165, 1.54) is 12.8 Å². The fraction of sp³-hybridized carbons (Fsp3) is 0.733. The number of nitrogens with zero attached hydrogens (tertiary/aromatic N) is 4. The number of hydrogen-bond donors (Lipinski definition) is 0. The predicted molar refractivity (Wildman–Crippen MR) is 85.2 cm³/mol. The lowest BCUT2D eigenvalue weighted by Gasteiger charge is -2.42. The second-order valence-corrected chi connectivity index (χ2v) is 7.64. The molecule has 1 aliphatic carbocycles. The number of halogens is 1. The minimum atomic E-state index is 0.261. The molecule has 110 valence electrons. The molecular formula is C15H23BrN4. The molecule has 1 aromatic rings. The van der Waals surface area contributed by atoms with Crippen LogP contribution in [-0.4, -0.2) is 46.6 Å². The van der Waals surface area contributed by atoms with Gasteiger partial charge in [0.2, 0.25) is 0 Å². The third kappa shape index (κ3) is 3.14. The Morgan fingerprint density at radius 1 is 1.10 bits per heavy atom. The SMILES string of the molecule is CC(C)(C)N1CCN(c2cc(Br)nc(C3CC3)n2)CC1. The van der Waals surface area contributed by atoms with E-state index in [-0.39, 0.29) is 5.54 Å². The number of piperazine rings is 1. The molecular weight excluding hydrogens is 316 g/mol. The summed E-state index contributed by atoms with van der Waals surface area (Å²) in [5, 5.41) is 0. The first-order valence-corrected chi connectivity index (χ1v) is 8.27. The minimum Gasteiger partial charge on any atom is -0.354 e. The van der Waals surface area contributed by atoms with Gasteiger partial charge in [-0.05, 0) is 49.5 Å². The summed E-state index contributed by atoms with van der Waals surface area (Å²) < 4.78 is 0.919. The largest absolute Gasteiger partial charge is 0.354 e. The lowest BCUT2D eigenvalue weighted by atomic mass is 10.1. The molecule has 1 saturated heterocycles. The van der Waals surface area contributed by atoms with Crippen molar-refractivity contribution in [2.24, 2.45) is 0 Å². The van der Waals surface area contributed by atoms with Crippen molar-refractivity contribution in [1.29, 1.82) is 0 Å². The molecule has 2 fully saturated rings. The monoisotopic (exact) mass is 338 g/mol. The molecule has 2 aliphatic rings. The molecule has 5 heteroatoms. The molecule has 1 aromatic heterocycles. The molecule has 0 amide bonds. The van der Waals surface area contributed by atoms with E-state index in [1.807, 2.05) is 0 Å². The lowest BCUT2D eigenvalue weighted by molar-refractivity contribution is 0.128. The molecule has 4 nitrogen and oxygen atoms in total. The Morgan fingerprint density at radius 3 is 2.30 bits per heavy atom. The molecule has 3 rings (SSSR count). The molecule has 0 N–H and O–H groups in total. The molecule has 0 atom stereocenters. The van der Waals surface area contributed by atoms with Gasteiger partial charge >= 0.3 is 0 Å². The number of hydrogen-bond acceptors (Lipinski definition) is 4. The zero-order chi connectivity index (χ0) is 14.3. The lowest BCUT2D eigenvalue weighted by Crippen LogP contribution is -2.53. The number of rotatable bonds is 2. The summed E-state index contributed by atoms with van der Waals surface area (Å²) in [6.07, 6.45) is 2.49. The van der Waals surface area contributed by atoms with Crippen LogP contribution < -0.4 is 4.90 Å². The van der Waals surface area contributed by atoms with Gasteiger partial charge in [0.05, 0.1) is 0 Å². The van der Waals surface area contributed by atoms with Crippen LogP contribution in [0.1, 0.15) is 45.4 Å². The Labute approximate surface area is 129 Å². The fourth-order valence-electron chi connectivity index (χ4n) is 2.72. The van der Waals surface area contributed by atoms with Crippen LogP contribution in [-0.2, 0) is 0 Å². The van der Waals surface area contributed by atoms with Gasteiger partial charge in [-0.15, -0.1) is 0 Å². The van der Waals surface area contributed by atoms with Crippen LogP contribution in [0.3, 0.4) is 0 Å². The van der Waals surface area contributed by atoms with Gasteiger partial charge in [-0.1, -0.05) is 0 Å². The average Bonchev–Trinajstić information content (AvgIpc) is 3.21. The summed E-state index contributed by atoms with van der Waals surface area (Å²) in [5.74, 6) is 2.71. The van der Waals surface area contributed by atoms with Gasteiger partial charge in [-0.2, -0.15) is 0 Å². The van der Waals surface area contributed by atoms with E-state index >= 15 is 0 Å². The van der Waals surface area contributed by atoms with E-state index in [0.717, 1.165) is 42.4 Å². The minimum absolute atomic E-state index is 0.261. The quantitative estimate of drug-likeness (QED) is 0.776. The van der Waals surface area contributed by atoms with Crippen LogP contribution in [0.2, 0.25) is 0 Å². The van der Waals surface area contributed by atoms with Crippen LogP contribution in [0, 0.1) is 0 Å². The second kappa shape index (κ2) is 5.26. The topological polar surface area (TPSA) is 32.3 Å². The highest BCUT2D eigenvalue weighted by Gasteiger charge is 2.29. The van der Waals surface area contributed by atoms with Gasteiger partial charge in [0.25, 0.3) is 0 Å². The molecule has 0 aromatic carbocycles. The van der Waals surface area contributed by atoms with E-state index in [1.54, 1.807) is 0 Å². The van der Waals surface area contributed by atoms with Gasteiger partial charge in [0.1, 0.15) is 16.2 Å². The van der Waals surface area contributed by atoms with Gasteiger partial charge in [0, 0.05) is 43.7 Å². The van der Waals surface area contributed by atoms with Crippen molar-refractivity contribution in [2.75, 3.05) is 31.1 Å². The van der Waals surface area contributed by atoms with Gasteiger partial charge in [-0.25, -0.2) is 9.97 Å². The Hall–Kier alpha value is -0.680. The Bertz CT molecular complexity index is 485. The highest BCUT2D eigenvalue weighted by atomic mass is 79.9. The molecule has 0 unspecified atom stereocenters. The van der Waals surface area contributed by atoms with Crippen LogP contribution >= 0.6 is 15.9 Å². The maximum absolute atomic E-state index is 4.77. The summed E-state index contributed by atoms with van der Waals surface area (Å²) >= 11 is 3.53. The van der Waals surface area contributed by atoms with Gasteiger partial charge in [0.15, 0.2) is 0 Å². The third-order valence-corrected chi connectivity index (χ3v) is 4.60. The number of anilines is 1. The molecule has 0 radical (unpaired) electrons. The van der Waals surface area contributed by atoms with Crippen molar-refractivity contribution in [3.8, 4) is 0 Å². The second-order valence-electron chi connectivity index (χ2n) is 6.83. The molecule has 20 heavy (non-hydrogen) atoms. The fourth-order valence-corrected chi connectivity index (χ4v) is 3.10. The highest BCUT2D eigenvalue weighted by molar-refractivity contribution is 9.10. The molecule has 2 heterocycles. The van der Waals surface area contributed by atoms with Gasteiger partial charge in [-0.3, -0.25) is 4.90 Å². The predicted octanol–water partition coefficient (Wildman–Crippen LogP) is 3.04. The summed E-state index contributed by atoms with van der Waals surface area (Å²) in [4.78, 5) is 14.2. The van der Waals surface area contributed by atoms with E-state index in [4.69, 9.17) is 4.98 Å². The Morgan fingerprint density at radius 2 is 1.75 bits per heavy atom. The summed E-state index contributed by atoms with van der Waals surface area (Å²) in [6, 6.07) is 2.05. The van der Waals surface area contributed by atoms with Crippen molar-refractivity contribution in [3.63, 3.8) is 0 Å². The molecule has 0 bridgehead atoms. The maximum atomic E-state index is 4.77. The first-order valence-electron chi connectivity index (χ1n) is 7.48. The highest BCUT2D eigenvalue weighted by Crippen LogP contribution is 2.39.